The lowest BCUT2D eigenvalue weighted by atomic mass is 10.1. The van der Waals surface area contributed by atoms with Crippen LogP contribution in [-0.4, -0.2) is 7.11 Å². The summed E-state index contributed by atoms with van der Waals surface area (Å²) in [5, 5.41) is 3.50. The lowest BCUT2D eigenvalue weighted by Gasteiger charge is -2.18. The van der Waals surface area contributed by atoms with Crippen LogP contribution < -0.4 is 10.1 Å². The van der Waals surface area contributed by atoms with E-state index >= 15 is 0 Å². The van der Waals surface area contributed by atoms with Gasteiger partial charge in [0.15, 0.2) is 0 Å². The first-order chi connectivity index (χ1) is 9.10. The molecule has 0 bridgehead atoms. The topological polar surface area (TPSA) is 21.3 Å². The van der Waals surface area contributed by atoms with E-state index in [2.05, 4.69) is 78.2 Å². The van der Waals surface area contributed by atoms with Gasteiger partial charge in [-0.05, 0) is 71.8 Å². The van der Waals surface area contributed by atoms with Gasteiger partial charge in [-0.25, -0.2) is 0 Å². The molecule has 2 nitrogen and oxygen atoms in total. The van der Waals surface area contributed by atoms with Crippen molar-refractivity contribution < 1.29 is 4.74 Å². The summed E-state index contributed by atoms with van der Waals surface area (Å²) in [6, 6.07) is 15.0. The fourth-order valence-corrected chi connectivity index (χ4v) is 2.35. The van der Waals surface area contributed by atoms with Crippen LogP contribution in [0.25, 0.3) is 0 Å². The summed E-state index contributed by atoms with van der Waals surface area (Å²) in [5.41, 5.74) is 3.49. The number of hydrogen-bond acceptors (Lipinski definition) is 2. The van der Waals surface area contributed by atoms with Gasteiger partial charge in [0.05, 0.1) is 12.8 Å². The molecule has 2 rings (SSSR count). The third kappa shape index (κ3) is 3.62. The Morgan fingerprint density at radius 1 is 1.11 bits per heavy atom. The monoisotopic (exact) mass is 367 g/mol. The minimum atomic E-state index is 0.244. The number of aryl methyl sites for hydroxylation is 1. The van der Waals surface area contributed by atoms with Gasteiger partial charge < -0.3 is 10.1 Å². The van der Waals surface area contributed by atoms with Crippen LogP contribution >= 0.6 is 22.6 Å². The van der Waals surface area contributed by atoms with Crippen molar-refractivity contribution in [2.24, 2.45) is 0 Å². The van der Waals surface area contributed by atoms with E-state index in [9.17, 15) is 0 Å². The van der Waals surface area contributed by atoms with E-state index in [1.165, 1.54) is 14.7 Å². The molecule has 2 aromatic carbocycles. The molecule has 0 radical (unpaired) electrons. The Bertz CT molecular complexity index is 551. The maximum atomic E-state index is 5.42. The van der Waals surface area contributed by atoms with Crippen LogP contribution in [0, 0.1) is 10.5 Å². The van der Waals surface area contributed by atoms with Gasteiger partial charge >= 0.3 is 0 Å². The Balaban J connectivity index is 2.18. The Kier molecular flexibility index (Phi) is 4.69. The highest BCUT2D eigenvalue weighted by Crippen LogP contribution is 2.29. The predicted molar refractivity (Wildman–Crippen MR) is 88.9 cm³/mol. The average molecular weight is 367 g/mol. The summed E-state index contributed by atoms with van der Waals surface area (Å²) in [5.74, 6) is 0.886. The Morgan fingerprint density at radius 2 is 1.79 bits per heavy atom. The lowest BCUT2D eigenvalue weighted by molar-refractivity contribution is 0.416. The third-order valence-corrected chi connectivity index (χ3v) is 3.82. The summed E-state index contributed by atoms with van der Waals surface area (Å²) in [7, 11) is 1.70. The van der Waals surface area contributed by atoms with Gasteiger partial charge in [0.25, 0.3) is 0 Å². The molecule has 1 atom stereocenters. The molecule has 1 N–H and O–H groups in total. The highest BCUT2D eigenvalue weighted by atomic mass is 127. The smallest absolute Gasteiger partial charge is 0.142 e. The molecule has 0 aromatic heterocycles. The van der Waals surface area contributed by atoms with Crippen LogP contribution in [0.15, 0.2) is 42.5 Å². The molecule has 0 amide bonds. The van der Waals surface area contributed by atoms with Crippen molar-refractivity contribution in [2.75, 3.05) is 12.4 Å². The van der Waals surface area contributed by atoms with Crippen LogP contribution in [-0.2, 0) is 0 Å². The van der Waals surface area contributed by atoms with Crippen molar-refractivity contribution in [3.05, 3.63) is 57.2 Å². The molecule has 0 aliphatic rings. The Hall–Kier alpha value is -1.23. The van der Waals surface area contributed by atoms with Crippen molar-refractivity contribution in [1.29, 1.82) is 0 Å². The van der Waals surface area contributed by atoms with E-state index in [-0.39, 0.29) is 6.04 Å². The second-order valence-electron chi connectivity index (χ2n) is 4.62. The number of nitrogens with one attached hydrogen (secondary N) is 1. The predicted octanol–water partition coefficient (Wildman–Crippen LogP) is 4.78. The standard InChI is InChI=1S/C16H18INO/c1-11-4-9-15(16(10-11)19-3)18-12(2)13-5-7-14(17)8-6-13/h4-10,12,18H,1-3H3. The van der Waals surface area contributed by atoms with E-state index < -0.39 is 0 Å². The number of rotatable bonds is 4. The van der Waals surface area contributed by atoms with E-state index in [0.29, 0.717) is 0 Å². The van der Waals surface area contributed by atoms with Gasteiger partial charge in [-0.1, -0.05) is 18.2 Å². The first-order valence-corrected chi connectivity index (χ1v) is 7.34. The molecule has 0 saturated carbocycles. The number of methoxy groups -OCH3 is 1. The van der Waals surface area contributed by atoms with Crippen molar-refractivity contribution in [1.82, 2.24) is 0 Å². The van der Waals surface area contributed by atoms with E-state index in [4.69, 9.17) is 4.74 Å². The largest absolute Gasteiger partial charge is 0.495 e. The van der Waals surface area contributed by atoms with Gasteiger partial charge in [0, 0.05) is 9.61 Å². The fourth-order valence-electron chi connectivity index (χ4n) is 1.99. The zero-order valence-corrected chi connectivity index (χ0v) is 13.6. The normalized spacial score (nSPS) is 12.0. The maximum Gasteiger partial charge on any atom is 0.142 e. The summed E-state index contributed by atoms with van der Waals surface area (Å²) < 4.78 is 6.67. The van der Waals surface area contributed by atoms with Crippen molar-refractivity contribution >= 4 is 28.3 Å². The van der Waals surface area contributed by atoms with Gasteiger partial charge in [-0.2, -0.15) is 0 Å². The summed E-state index contributed by atoms with van der Waals surface area (Å²) in [6.45, 7) is 4.22. The Labute approximate surface area is 128 Å². The highest BCUT2D eigenvalue weighted by Gasteiger charge is 2.09. The van der Waals surface area contributed by atoms with Crippen LogP contribution in [0.3, 0.4) is 0 Å². The second-order valence-corrected chi connectivity index (χ2v) is 5.87. The molecule has 1 unspecified atom stereocenters. The molecule has 19 heavy (non-hydrogen) atoms. The van der Waals surface area contributed by atoms with Gasteiger partial charge in [-0.15, -0.1) is 0 Å². The van der Waals surface area contributed by atoms with Crippen LogP contribution in [0.4, 0.5) is 5.69 Å². The number of ether oxygens (including phenoxy) is 1. The molecule has 2 aromatic rings. The van der Waals surface area contributed by atoms with Crippen LogP contribution in [0.1, 0.15) is 24.1 Å². The number of halogens is 1. The SMILES string of the molecule is COc1cc(C)ccc1NC(C)c1ccc(I)cc1. The third-order valence-electron chi connectivity index (χ3n) is 3.10. The van der Waals surface area contributed by atoms with Gasteiger partial charge in [0.2, 0.25) is 0 Å². The zero-order chi connectivity index (χ0) is 13.8. The summed E-state index contributed by atoms with van der Waals surface area (Å²) >= 11 is 2.32. The Morgan fingerprint density at radius 3 is 2.42 bits per heavy atom. The number of benzene rings is 2. The molecular weight excluding hydrogens is 349 g/mol. The molecular formula is C16H18INO. The lowest BCUT2D eigenvalue weighted by Crippen LogP contribution is -2.07. The fraction of sp³-hybridized carbons (Fsp3) is 0.250. The zero-order valence-electron chi connectivity index (χ0n) is 11.4. The number of hydrogen-bond donors (Lipinski definition) is 1. The van der Waals surface area contributed by atoms with E-state index in [1.54, 1.807) is 7.11 Å². The quantitative estimate of drug-likeness (QED) is 0.786. The molecule has 100 valence electrons. The first kappa shape index (κ1) is 14.2. The maximum absolute atomic E-state index is 5.42. The first-order valence-electron chi connectivity index (χ1n) is 6.27. The minimum absolute atomic E-state index is 0.244. The van der Waals surface area contributed by atoms with E-state index in [0.717, 1.165) is 11.4 Å². The minimum Gasteiger partial charge on any atom is -0.495 e. The summed E-state index contributed by atoms with van der Waals surface area (Å²) in [6.07, 6.45) is 0. The summed E-state index contributed by atoms with van der Waals surface area (Å²) in [4.78, 5) is 0. The van der Waals surface area contributed by atoms with Gasteiger partial charge in [0.1, 0.15) is 5.75 Å². The second kappa shape index (κ2) is 6.28. The molecule has 0 spiro atoms. The van der Waals surface area contributed by atoms with Crippen molar-refractivity contribution in [3.8, 4) is 5.75 Å². The van der Waals surface area contributed by atoms with Gasteiger partial charge in [-0.3, -0.25) is 0 Å². The molecule has 0 fully saturated rings. The van der Waals surface area contributed by atoms with Crippen LogP contribution in [0.2, 0.25) is 0 Å². The molecule has 0 aliphatic carbocycles. The molecule has 0 saturated heterocycles. The molecule has 0 heterocycles. The molecule has 0 aliphatic heterocycles. The molecule has 3 heteroatoms. The van der Waals surface area contributed by atoms with E-state index in [1.807, 2.05) is 6.07 Å². The van der Waals surface area contributed by atoms with Crippen molar-refractivity contribution in [3.63, 3.8) is 0 Å². The number of anilines is 1. The average Bonchev–Trinajstić information content (AvgIpc) is 2.41. The van der Waals surface area contributed by atoms with Crippen molar-refractivity contribution in [2.45, 2.75) is 19.9 Å². The van der Waals surface area contributed by atoms with Crippen LogP contribution in [0.5, 0.6) is 5.75 Å². The highest BCUT2D eigenvalue weighted by molar-refractivity contribution is 14.1.